The van der Waals surface area contributed by atoms with Crippen molar-refractivity contribution in [3.8, 4) is 0 Å². The molecule has 1 aromatic rings. The summed E-state index contributed by atoms with van der Waals surface area (Å²) in [5, 5.41) is 12.7. The molecule has 0 fully saturated rings. The fourth-order valence-corrected chi connectivity index (χ4v) is 3.03. The Labute approximate surface area is 128 Å². The average Bonchev–Trinajstić information content (AvgIpc) is 2.88. The van der Waals surface area contributed by atoms with Crippen molar-refractivity contribution in [3.05, 3.63) is 47.0 Å². The van der Waals surface area contributed by atoms with Gasteiger partial charge in [0.15, 0.2) is 0 Å². The number of halogens is 1. The molecule has 108 valence electrons. The van der Waals surface area contributed by atoms with E-state index in [0.29, 0.717) is 5.75 Å². The fraction of sp³-hybridized carbons (Fsp3) is 0.400. The molecule has 0 unspecified atom stereocenters. The van der Waals surface area contributed by atoms with Gasteiger partial charge in [-0.3, -0.25) is 4.79 Å². The second-order valence-electron chi connectivity index (χ2n) is 4.86. The second kappa shape index (κ2) is 7.72. The highest BCUT2D eigenvalue weighted by molar-refractivity contribution is 7.99. The zero-order valence-electron chi connectivity index (χ0n) is 11.1. The third kappa shape index (κ3) is 4.85. The van der Waals surface area contributed by atoms with Crippen molar-refractivity contribution in [2.24, 2.45) is 5.92 Å². The van der Waals surface area contributed by atoms with Crippen molar-refractivity contribution in [1.82, 2.24) is 5.32 Å². The average molecular weight is 312 g/mol. The SMILES string of the molecule is O=C(CSCc1ccc(Cl)cc1)N[C@@H]1C=C[C@H](CO)C1. The molecule has 0 radical (unpaired) electrons. The van der Waals surface area contributed by atoms with Gasteiger partial charge < -0.3 is 10.4 Å². The summed E-state index contributed by atoms with van der Waals surface area (Å²) in [7, 11) is 0. The predicted octanol–water partition coefficient (Wildman–Crippen LogP) is 2.63. The van der Waals surface area contributed by atoms with E-state index >= 15 is 0 Å². The number of hydrogen-bond acceptors (Lipinski definition) is 3. The minimum absolute atomic E-state index is 0.0391. The van der Waals surface area contributed by atoms with Crippen LogP contribution < -0.4 is 5.32 Å². The topological polar surface area (TPSA) is 49.3 Å². The monoisotopic (exact) mass is 311 g/mol. The molecule has 0 saturated heterocycles. The van der Waals surface area contributed by atoms with Gasteiger partial charge in [-0.05, 0) is 24.1 Å². The standard InChI is InChI=1S/C15H18ClNO2S/c16-13-4-1-11(2-5-13)9-20-10-15(19)17-14-6-3-12(7-14)8-18/h1-6,12,14,18H,7-10H2,(H,17,19)/t12-,14+/m0/s1. The van der Waals surface area contributed by atoms with E-state index in [0.717, 1.165) is 22.8 Å². The fourth-order valence-electron chi connectivity index (χ4n) is 2.11. The van der Waals surface area contributed by atoms with Crippen LogP contribution in [0, 0.1) is 5.92 Å². The zero-order chi connectivity index (χ0) is 14.4. The van der Waals surface area contributed by atoms with E-state index in [1.807, 2.05) is 36.4 Å². The number of rotatable bonds is 6. The molecule has 0 saturated carbocycles. The number of carbonyl (C=O) groups excluding carboxylic acids is 1. The summed E-state index contributed by atoms with van der Waals surface area (Å²) in [4.78, 5) is 11.8. The molecule has 2 N–H and O–H groups in total. The van der Waals surface area contributed by atoms with Crippen LogP contribution in [-0.2, 0) is 10.5 Å². The lowest BCUT2D eigenvalue weighted by Crippen LogP contribution is -2.34. The Morgan fingerprint density at radius 1 is 1.35 bits per heavy atom. The first-order chi connectivity index (χ1) is 9.67. The Bertz CT molecular complexity index is 475. The van der Waals surface area contributed by atoms with Crippen LogP contribution in [0.25, 0.3) is 0 Å². The van der Waals surface area contributed by atoms with Gasteiger partial charge in [0.2, 0.25) is 5.91 Å². The Balaban J connectivity index is 1.66. The van der Waals surface area contributed by atoms with Gasteiger partial charge in [-0.1, -0.05) is 35.9 Å². The highest BCUT2D eigenvalue weighted by Crippen LogP contribution is 2.18. The Kier molecular flexibility index (Phi) is 5.95. The van der Waals surface area contributed by atoms with E-state index in [2.05, 4.69) is 5.32 Å². The molecule has 3 nitrogen and oxygen atoms in total. The van der Waals surface area contributed by atoms with Gasteiger partial charge >= 0.3 is 0 Å². The van der Waals surface area contributed by atoms with Gasteiger partial charge in [-0.25, -0.2) is 0 Å². The van der Waals surface area contributed by atoms with Crippen molar-refractivity contribution in [1.29, 1.82) is 0 Å². The molecule has 1 amide bonds. The second-order valence-corrected chi connectivity index (χ2v) is 6.28. The largest absolute Gasteiger partial charge is 0.396 e. The van der Waals surface area contributed by atoms with E-state index in [9.17, 15) is 4.79 Å². The molecule has 1 aromatic carbocycles. The number of thioether (sulfide) groups is 1. The van der Waals surface area contributed by atoms with Gasteiger partial charge in [-0.2, -0.15) is 0 Å². The third-order valence-corrected chi connectivity index (χ3v) is 4.42. The molecule has 0 bridgehead atoms. The third-order valence-electron chi connectivity index (χ3n) is 3.17. The highest BCUT2D eigenvalue weighted by atomic mass is 35.5. The maximum atomic E-state index is 11.8. The van der Waals surface area contributed by atoms with Gasteiger partial charge in [0.1, 0.15) is 0 Å². The van der Waals surface area contributed by atoms with Gasteiger partial charge in [-0.15, -0.1) is 11.8 Å². The highest BCUT2D eigenvalue weighted by Gasteiger charge is 2.19. The summed E-state index contributed by atoms with van der Waals surface area (Å²) < 4.78 is 0. The van der Waals surface area contributed by atoms with E-state index in [1.165, 1.54) is 0 Å². The lowest BCUT2D eigenvalue weighted by Gasteiger charge is -2.12. The molecule has 20 heavy (non-hydrogen) atoms. The lowest BCUT2D eigenvalue weighted by atomic mass is 10.1. The van der Waals surface area contributed by atoms with Crippen LogP contribution in [-0.4, -0.2) is 29.4 Å². The van der Waals surface area contributed by atoms with E-state index in [-0.39, 0.29) is 24.5 Å². The summed E-state index contributed by atoms with van der Waals surface area (Å²) in [6, 6.07) is 7.72. The zero-order valence-corrected chi connectivity index (χ0v) is 12.7. The molecular formula is C15H18ClNO2S. The van der Waals surface area contributed by atoms with Crippen molar-refractivity contribution in [2.75, 3.05) is 12.4 Å². The van der Waals surface area contributed by atoms with Crippen LogP contribution in [0.1, 0.15) is 12.0 Å². The molecule has 2 atom stereocenters. The summed E-state index contributed by atoms with van der Waals surface area (Å²) in [6.45, 7) is 0.147. The smallest absolute Gasteiger partial charge is 0.230 e. The first kappa shape index (κ1) is 15.4. The van der Waals surface area contributed by atoms with Crippen molar-refractivity contribution < 1.29 is 9.90 Å². The van der Waals surface area contributed by atoms with Crippen LogP contribution in [0.4, 0.5) is 0 Å². The number of benzene rings is 1. The molecular weight excluding hydrogens is 294 g/mol. The number of aliphatic hydroxyl groups excluding tert-OH is 1. The molecule has 0 aliphatic heterocycles. The molecule has 1 aliphatic rings. The maximum Gasteiger partial charge on any atom is 0.230 e. The Morgan fingerprint density at radius 2 is 2.10 bits per heavy atom. The molecule has 0 heterocycles. The van der Waals surface area contributed by atoms with Crippen LogP contribution >= 0.6 is 23.4 Å². The summed E-state index contributed by atoms with van der Waals surface area (Å²) >= 11 is 7.40. The first-order valence-electron chi connectivity index (χ1n) is 6.58. The maximum absolute atomic E-state index is 11.8. The number of carbonyl (C=O) groups is 1. The lowest BCUT2D eigenvalue weighted by molar-refractivity contribution is -0.119. The number of hydrogen-bond donors (Lipinski definition) is 2. The minimum Gasteiger partial charge on any atom is -0.396 e. The minimum atomic E-state index is 0.0391. The van der Waals surface area contributed by atoms with Crippen LogP contribution in [0.15, 0.2) is 36.4 Å². The number of amides is 1. The molecule has 1 aliphatic carbocycles. The van der Waals surface area contributed by atoms with Crippen molar-refractivity contribution in [2.45, 2.75) is 18.2 Å². The summed E-state index contributed by atoms with van der Waals surface area (Å²) in [5.74, 6) is 1.46. The first-order valence-corrected chi connectivity index (χ1v) is 8.11. The number of aliphatic hydroxyl groups is 1. The van der Waals surface area contributed by atoms with Crippen LogP contribution in [0.3, 0.4) is 0 Å². The quantitative estimate of drug-likeness (QED) is 0.794. The molecule has 0 spiro atoms. The van der Waals surface area contributed by atoms with Gasteiger partial charge in [0.05, 0.1) is 5.75 Å². The van der Waals surface area contributed by atoms with E-state index in [4.69, 9.17) is 16.7 Å². The van der Waals surface area contributed by atoms with E-state index < -0.39 is 0 Å². The van der Waals surface area contributed by atoms with Crippen LogP contribution in [0.2, 0.25) is 5.02 Å². The molecule has 2 rings (SSSR count). The van der Waals surface area contributed by atoms with Gasteiger partial charge in [0, 0.05) is 29.3 Å². The Hall–Kier alpha value is -0.970. The van der Waals surface area contributed by atoms with Crippen molar-refractivity contribution >= 4 is 29.3 Å². The molecule has 5 heteroatoms. The van der Waals surface area contributed by atoms with Gasteiger partial charge in [0.25, 0.3) is 0 Å². The summed E-state index contributed by atoms with van der Waals surface area (Å²) in [5.41, 5.74) is 1.16. The normalized spacial score (nSPS) is 21.1. The van der Waals surface area contributed by atoms with E-state index in [1.54, 1.807) is 11.8 Å². The predicted molar refractivity (Wildman–Crippen MR) is 83.9 cm³/mol. The van der Waals surface area contributed by atoms with Crippen LogP contribution in [0.5, 0.6) is 0 Å². The molecule has 0 aromatic heterocycles. The summed E-state index contributed by atoms with van der Waals surface area (Å²) in [6.07, 6.45) is 4.72. The Morgan fingerprint density at radius 3 is 2.75 bits per heavy atom. The number of nitrogens with one attached hydrogen (secondary N) is 1. The van der Waals surface area contributed by atoms with Crippen molar-refractivity contribution in [3.63, 3.8) is 0 Å².